The van der Waals surface area contributed by atoms with Gasteiger partial charge >= 0.3 is 0 Å². The number of amides is 1. The Morgan fingerprint density at radius 2 is 2.29 bits per heavy atom. The molecule has 0 bridgehead atoms. The SMILES string of the molecule is COC(C)CCC(=O)Nc1ccc(Br)nc1C. The van der Waals surface area contributed by atoms with E-state index in [1.54, 1.807) is 13.2 Å². The van der Waals surface area contributed by atoms with Gasteiger partial charge in [-0.1, -0.05) is 0 Å². The summed E-state index contributed by atoms with van der Waals surface area (Å²) in [5.74, 6) is -0.0128. The van der Waals surface area contributed by atoms with E-state index in [-0.39, 0.29) is 12.0 Å². The van der Waals surface area contributed by atoms with Crippen molar-refractivity contribution in [1.29, 1.82) is 0 Å². The minimum atomic E-state index is -0.0128. The van der Waals surface area contributed by atoms with Gasteiger partial charge in [0.1, 0.15) is 4.60 Å². The van der Waals surface area contributed by atoms with Crippen molar-refractivity contribution in [3.05, 3.63) is 22.4 Å². The van der Waals surface area contributed by atoms with Crippen LogP contribution in [0, 0.1) is 6.92 Å². The molecule has 1 heterocycles. The van der Waals surface area contributed by atoms with E-state index in [1.807, 2.05) is 19.9 Å². The molecule has 1 aromatic heterocycles. The molecule has 1 N–H and O–H groups in total. The van der Waals surface area contributed by atoms with Gasteiger partial charge in [-0.2, -0.15) is 0 Å². The second kappa shape index (κ2) is 6.71. The van der Waals surface area contributed by atoms with E-state index >= 15 is 0 Å². The van der Waals surface area contributed by atoms with Gasteiger partial charge in [-0.25, -0.2) is 4.98 Å². The third-order valence-electron chi connectivity index (χ3n) is 2.51. The highest BCUT2D eigenvalue weighted by atomic mass is 79.9. The van der Waals surface area contributed by atoms with E-state index in [0.717, 1.165) is 16.0 Å². The van der Waals surface area contributed by atoms with Gasteiger partial charge in [0.2, 0.25) is 5.91 Å². The van der Waals surface area contributed by atoms with E-state index in [4.69, 9.17) is 4.74 Å². The van der Waals surface area contributed by atoms with Crippen LogP contribution in [0.25, 0.3) is 0 Å². The number of aryl methyl sites for hydroxylation is 1. The van der Waals surface area contributed by atoms with Crippen LogP contribution in [-0.4, -0.2) is 24.1 Å². The highest BCUT2D eigenvalue weighted by Crippen LogP contribution is 2.16. The van der Waals surface area contributed by atoms with Crippen LogP contribution >= 0.6 is 15.9 Å². The molecule has 0 spiro atoms. The molecule has 0 saturated carbocycles. The summed E-state index contributed by atoms with van der Waals surface area (Å²) < 4.78 is 5.86. The molecule has 4 nitrogen and oxygen atoms in total. The number of aromatic nitrogens is 1. The van der Waals surface area contributed by atoms with Crippen LogP contribution in [0.2, 0.25) is 0 Å². The Labute approximate surface area is 110 Å². The maximum absolute atomic E-state index is 11.7. The minimum Gasteiger partial charge on any atom is -0.382 e. The number of hydrogen-bond donors (Lipinski definition) is 1. The summed E-state index contributed by atoms with van der Waals surface area (Å²) in [6.07, 6.45) is 1.26. The Morgan fingerprint density at radius 3 is 2.88 bits per heavy atom. The molecule has 5 heteroatoms. The van der Waals surface area contributed by atoms with Crippen molar-refractivity contribution in [3.8, 4) is 0 Å². The first-order valence-corrected chi connectivity index (χ1v) is 6.28. The van der Waals surface area contributed by atoms with E-state index in [2.05, 4.69) is 26.2 Å². The number of halogens is 1. The number of carbonyl (C=O) groups is 1. The lowest BCUT2D eigenvalue weighted by Gasteiger charge is -2.10. The predicted octanol–water partition coefficient (Wildman–Crippen LogP) is 2.91. The molecule has 0 saturated heterocycles. The fourth-order valence-corrected chi connectivity index (χ4v) is 1.73. The van der Waals surface area contributed by atoms with Crippen LogP contribution in [0.3, 0.4) is 0 Å². The van der Waals surface area contributed by atoms with Crippen LogP contribution in [0.5, 0.6) is 0 Å². The molecule has 1 rings (SSSR count). The Kier molecular flexibility index (Phi) is 5.58. The van der Waals surface area contributed by atoms with Crippen LogP contribution < -0.4 is 5.32 Å². The van der Waals surface area contributed by atoms with Crippen molar-refractivity contribution in [2.75, 3.05) is 12.4 Å². The van der Waals surface area contributed by atoms with E-state index in [1.165, 1.54) is 0 Å². The van der Waals surface area contributed by atoms with E-state index in [9.17, 15) is 4.79 Å². The molecule has 0 aliphatic carbocycles. The lowest BCUT2D eigenvalue weighted by molar-refractivity contribution is -0.116. The Morgan fingerprint density at radius 1 is 1.59 bits per heavy atom. The monoisotopic (exact) mass is 300 g/mol. The minimum absolute atomic E-state index is 0.0128. The topological polar surface area (TPSA) is 51.2 Å². The summed E-state index contributed by atoms with van der Waals surface area (Å²) in [6.45, 7) is 3.80. The van der Waals surface area contributed by atoms with Crippen molar-refractivity contribution in [2.45, 2.75) is 32.8 Å². The lowest BCUT2D eigenvalue weighted by Crippen LogP contribution is -2.16. The maximum Gasteiger partial charge on any atom is 0.224 e. The number of ether oxygens (including phenoxy) is 1. The van der Waals surface area contributed by atoms with Gasteiger partial charge in [0, 0.05) is 13.5 Å². The third-order valence-corrected chi connectivity index (χ3v) is 2.95. The van der Waals surface area contributed by atoms with Gasteiger partial charge in [0.15, 0.2) is 0 Å². The molecule has 1 amide bonds. The summed E-state index contributed by atoms with van der Waals surface area (Å²) in [5.41, 5.74) is 1.55. The highest BCUT2D eigenvalue weighted by Gasteiger charge is 2.08. The Balaban J connectivity index is 2.50. The maximum atomic E-state index is 11.7. The van der Waals surface area contributed by atoms with Crippen molar-refractivity contribution in [3.63, 3.8) is 0 Å². The molecular formula is C12H17BrN2O2. The summed E-state index contributed by atoms with van der Waals surface area (Å²) in [7, 11) is 1.64. The standard InChI is InChI=1S/C12H17BrN2O2/c1-8(17-3)4-7-12(16)15-10-5-6-11(13)14-9(10)2/h5-6,8H,4,7H2,1-3H3,(H,15,16). The number of nitrogens with one attached hydrogen (secondary N) is 1. The zero-order valence-electron chi connectivity index (χ0n) is 10.3. The predicted molar refractivity (Wildman–Crippen MR) is 71.0 cm³/mol. The van der Waals surface area contributed by atoms with Gasteiger partial charge in [0.05, 0.1) is 17.5 Å². The molecule has 0 aliphatic heterocycles. The average molecular weight is 301 g/mol. The Bertz CT molecular complexity index is 396. The lowest BCUT2D eigenvalue weighted by atomic mass is 10.2. The smallest absolute Gasteiger partial charge is 0.224 e. The third kappa shape index (κ3) is 4.83. The number of anilines is 1. The molecule has 0 aromatic carbocycles. The molecule has 17 heavy (non-hydrogen) atoms. The molecule has 0 fully saturated rings. The molecule has 1 aromatic rings. The first-order chi connectivity index (χ1) is 8.02. The van der Waals surface area contributed by atoms with E-state index < -0.39 is 0 Å². The molecule has 0 aliphatic rings. The number of nitrogens with zero attached hydrogens (tertiary/aromatic N) is 1. The zero-order valence-corrected chi connectivity index (χ0v) is 11.9. The largest absolute Gasteiger partial charge is 0.382 e. The van der Waals surface area contributed by atoms with Crippen molar-refractivity contribution in [2.24, 2.45) is 0 Å². The summed E-state index contributed by atoms with van der Waals surface area (Å²) in [4.78, 5) is 15.9. The van der Waals surface area contributed by atoms with Gasteiger partial charge in [-0.05, 0) is 48.3 Å². The second-order valence-corrected chi connectivity index (χ2v) is 4.71. The molecule has 1 unspecified atom stereocenters. The van der Waals surface area contributed by atoms with Crippen molar-refractivity contribution in [1.82, 2.24) is 4.98 Å². The first kappa shape index (κ1) is 14.1. The average Bonchev–Trinajstić information content (AvgIpc) is 2.29. The first-order valence-electron chi connectivity index (χ1n) is 5.48. The number of rotatable bonds is 5. The number of methoxy groups -OCH3 is 1. The van der Waals surface area contributed by atoms with Gasteiger partial charge in [0.25, 0.3) is 0 Å². The highest BCUT2D eigenvalue weighted by molar-refractivity contribution is 9.10. The second-order valence-electron chi connectivity index (χ2n) is 3.90. The van der Waals surface area contributed by atoms with E-state index in [0.29, 0.717) is 12.8 Å². The van der Waals surface area contributed by atoms with Gasteiger partial charge < -0.3 is 10.1 Å². The number of pyridine rings is 1. The van der Waals surface area contributed by atoms with Crippen LogP contribution in [0.4, 0.5) is 5.69 Å². The summed E-state index contributed by atoms with van der Waals surface area (Å²) >= 11 is 3.28. The number of hydrogen-bond acceptors (Lipinski definition) is 3. The van der Waals surface area contributed by atoms with Gasteiger partial charge in [-0.3, -0.25) is 4.79 Å². The molecule has 94 valence electrons. The van der Waals surface area contributed by atoms with Crippen molar-refractivity contribution < 1.29 is 9.53 Å². The van der Waals surface area contributed by atoms with Crippen LogP contribution in [0.1, 0.15) is 25.5 Å². The van der Waals surface area contributed by atoms with Crippen molar-refractivity contribution >= 4 is 27.5 Å². The fraction of sp³-hybridized carbons (Fsp3) is 0.500. The van der Waals surface area contributed by atoms with Crippen LogP contribution in [0.15, 0.2) is 16.7 Å². The summed E-state index contributed by atoms with van der Waals surface area (Å²) in [5, 5.41) is 2.84. The molecule has 1 atom stereocenters. The Hall–Kier alpha value is -0.940. The molecular weight excluding hydrogens is 284 g/mol. The quantitative estimate of drug-likeness (QED) is 0.851. The number of carbonyl (C=O) groups excluding carboxylic acids is 1. The van der Waals surface area contributed by atoms with Crippen LogP contribution in [-0.2, 0) is 9.53 Å². The zero-order chi connectivity index (χ0) is 12.8. The molecule has 0 radical (unpaired) electrons. The van der Waals surface area contributed by atoms with Gasteiger partial charge in [-0.15, -0.1) is 0 Å². The summed E-state index contributed by atoms with van der Waals surface area (Å²) in [6, 6.07) is 3.64. The normalized spacial score (nSPS) is 12.2. The fourth-order valence-electron chi connectivity index (χ4n) is 1.33.